The van der Waals surface area contributed by atoms with Crippen LogP contribution in [0.25, 0.3) is 11.5 Å². The lowest BCUT2D eigenvalue weighted by molar-refractivity contribution is -0.135. The van der Waals surface area contributed by atoms with E-state index in [0.29, 0.717) is 30.3 Å². The quantitative estimate of drug-likeness (QED) is 0.519. The van der Waals surface area contributed by atoms with Crippen LogP contribution in [0.3, 0.4) is 0 Å². The fraction of sp³-hybridized carbons (Fsp3) is 0.522. The zero-order valence-electron chi connectivity index (χ0n) is 19.4. The molecule has 0 radical (unpaired) electrons. The van der Waals surface area contributed by atoms with Gasteiger partial charge in [-0.05, 0) is 31.0 Å². The molecule has 180 valence electrons. The van der Waals surface area contributed by atoms with Crippen molar-refractivity contribution in [3.63, 3.8) is 0 Å². The van der Waals surface area contributed by atoms with Gasteiger partial charge in [0.1, 0.15) is 5.82 Å². The number of nitrogens with zero attached hydrogens (tertiary/aromatic N) is 6. The number of aromatic nitrogens is 4. The Bertz CT molecular complexity index is 1170. The minimum Gasteiger partial charge on any atom is -0.477 e. The Kier molecular flexibility index (Phi) is 6.20. The first kappa shape index (κ1) is 22.7. The Labute approximate surface area is 201 Å². The van der Waals surface area contributed by atoms with Gasteiger partial charge in [-0.25, -0.2) is 9.37 Å². The lowest BCUT2D eigenvalue weighted by Gasteiger charge is -2.36. The van der Waals surface area contributed by atoms with Crippen LogP contribution in [-0.4, -0.2) is 62.1 Å². The number of carbonyl (C=O) groups is 1. The molecule has 2 saturated heterocycles. The fourth-order valence-corrected chi connectivity index (χ4v) is 5.26. The van der Waals surface area contributed by atoms with Gasteiger partial charge < -0.3 is 19.0 Å². The Hall–Kier alpha value is -3.08. The molecular weight excluding hydrogens is 459 g/mol. The zero-order valence-corrected chi connectivity index (χ0v) is 20.2. The number of likely N-dealkylation sites (tertiary alicyclic amines) is 1. The maximum atomic E-state index is 14.7. The Morgan fingerprint density at radius 1 is 1.18 bits per heavy atom. The molecule has 2 aliphatic heterocycles. The highest BCUT2D eigenvalue weighted by molar-refractivity contribution is 7.09. The van der Waals surface area contributed by atoms with E-state index in [0.717, 1.165) is 36.9 Å². The number of hydrogen-bond donors (Lipinski definition) is 0. The standard InChI is InChI=1S/C23H27FN6O3S/c1-13(2)20-25-23(34-28-20)29-9-6-16(7-10-29)30-11-8-19(22(30)31)33-18-5-4-15(12-17(18)24)21-27-26-14(3)32-21/h4-5,12-13,16,19H,6-11H2,1-3H3/t19-/m0/s1. The second-order valence-electron chi connectivity index (χ2n) is 9.01. The highest BCUT2D eigenvalue weighted by atomic mass is 32.1. The molecule has 0 saturated carbocycles. The van der Waals surface area contributed by atoms with Gasteiger partial charge in [0.05, 0.1) is 0 Å². The molecular formula is C23H27FN6O3S. The summed E-state index contributed by atoms with van der Waals surface area (Å²) in [5, 5.41) is 8.61. The fourth-order valence-electron chi connectivity index (χ4n) is 4.40. The summed E-state index contributed by atoms with van der Waals surface area (Å²) in [5.41, 5.74) is 0.465. The van der Waals surface area contributed by atoms with Gasteiger partial charge in [0.15, 0.2) is 17.7 Å². The maximum absolute atomic E-state index is 14.7. The number of halogens is 1. The number of benzene rings is 1. The SMILES string of the molecule is Cc1nnc(-c2ccc(O[C@H]3CCN(C4CCN(c5nc(C(C)C)ns5)CC4)C3=O)c(F)c2)o1. The molecule has 34 heavy (non-hydrogen) atoms. The molecule has 11 heteroatoms. The first-order valence-electron chi connectivity index (χ1n) is 11.5. The number of amides is 1. The van der Waals surface area contributed by atoms with Crippen molar-refractivity contribution in [1.29, 1.82) is 0 Å². The number of ether oxygens (including phenoxy) is 1. The molecule has 0 spiro atoms. The molecule has 0 aliphatic carbocycles. The second-order valence-corrected chi connectivity index (χ2v) is 9.74. The average molecular weight is 487 g/mol. The van der Waals surface area contributed by atoms with Crippen LogP contribution in [0, 0.1) is 12.7 Å². The molecule has 1 atom stereocenters. The first-order chi connectivity index (χ1) is 16.4. The molecule has 0 unspecified atom stereocenters. The van der Waals surface area contributed by atoms with E-state index in [9.17, 15) is 9.18 Å². The molecule has 2 aromatic heterocycles. The van der Waals surface area contributed by atoms with Gasteiger partial charge in [0.2, 0.25) is 16.9 Å². The van der Waals surface area contributed by atoms with Crippen molar-refractivity contribution in [2.24, 2.45) is 0 Å². The van der Waals surface area contributed by atoms with Gasteiger partial charge in [0.25, 0.3) is 5.91 Å². The van der Waals surface area contributed by atoms with E-state index < -0.39 is 11.9 Å². The molecule has 3 aromatic rings. The van der Waals surface area contributed by atoms with Crippen molar-refractivity contribution in [3.8, 4) is 17.2 Å². The van der Waals surface area contributed by atoms with Gasteiger partial charge in [-0.3, -0.25) is 4.79 Å². The number of anilines is 1. The molecule has 0 bridgehead atoms. The zero-order chi connectivity index (χ0) is 23.8. The van der Waals surface area contributed by atoms with E-state index in [1.54, 1.807) is 13.0 Å². The van der Waals surface area contributed by atoms with Crippen molar-refractivity contribution in [1.82, 2.24) is 24.5 Å². The third kappa shape index (κ3) is 4.48. The summed E-state index contributed by atoms with van der Waals surface area (Å²) in [5.74, 6) is 1.24. The monoisotopic (exact) mass is 486 g/mol. The van der Waals surface area contributed by atoms with Crippen molar-refractivity contribution in [2.45, 2.75) is 58.1 Å². The highest BCUT2D eigenvalue weighted by Gasteiger charge is 2.39. The largest absolute Gasteiger partial charge is 0.477 e. The Balaban J connectivity index is 1.18. The van der Waals surface area contributed by atoms with Crippen LogP contribution in [0.15, 0.2) is 22.6 Å². The van der Waals surface area contributed by atoms with E-state index >= 15 is 0 Å². The van der Waals surface area contributed by atoms with Crippen molar-refractivity contribution < 1.29 is 18.3 Å². The van der Waals surface area contributed by atoms with Crippen LogP contribution in [0.4, 0.5) is 9.52 Å². The van der Waals surface area contributed by atoms with E-state index in [1.807, 2.05) is 4.90 Å². The van der Waals surface area contributed by atoms with Crippen molar-refractivity contribution in [3.05, 3.63) is 35.7 Å². The number of aryl methyl sites for hydroxylation is 1. The minimum atomic E-state index is -0.680. The number of hydrogen-bond acceptors (Lipinski definition) is 9. The van der Waals surface area contributed by atoms with Gasteiger partial charge in [-0.15, -0.1) is 10.2 Å². The van der Waals surface area contributed by atoms with Gasteiger partial charge in [0, 0.05) is 62.0 Å². The normalized spacial score (nSPS) is 19.4. The molecule has 1 aromatic carbocycles. The Morgan fingerprint density at radius 2 is 1.97 bits per heavy atom. The summed E-state index contributed by atoms with van der Waals surface area (Å²) >= 11 is 1.44. The van der Waals surface area contributed by atoms with Gasteiger partial charge in [-0.2, -0.15) is 4.37 Å². The van der Waals surface area contributed by atoms with Crippen LogP contribution in [0.2, 0.25) is 0 Å². The van der Waals surface area contributed by atoms with Gasteiger partial charge in [-0.1, -0.05) is 13.8 Å². The summed E-state index contributed by atoms with van der Waals surface area (Å²) in [6.07, 6.45) is 1.58. The summed E-state index contributed by atoms with van der Waals surface area (Å²) < 4.78 is 30.3. The van der Waals surface area contributed by atoms with Crippen LogP contribution < -0.4 is 9.64 Å². The summed E-state index contributed by atoms with van der Waals surface area (Å²) in [6, 6.07) is 4.60. The third-order valence-electron chi connectivity index (χ3n) is 6.29. The predicted octanol–water partition coefficient (Wildman–Crippen LogP) is 3.81. The van der Waals surface area contributed by atoms with E-state index in [2.05, 4.69) is 38.3 Å². The molecule has 0 N–H and O–H groups in total. The number of rotatable bonds is 6. The summed E-state index contributed by atoms with van der Waals surface area (Å²) in [7, 11) is 0. The van der Waals surface area contributed by atoms with Crippen LogP contribution in [0.1, 0.15) is 50.7 Å². The summed E-state index contributed by atoms with van der Waals surface area (Å²) in [4.78, 5) is 21.8. The minimum absolute atomic E-state index is 0.0484. The second kappa shape index (κ2) is 9.28. The highest BCUT2D eigenvalue weighted by Crippen LogP contribution is 2.31. The maximum Gasteiger partial charge on any atom is 0.263 e. The average Bonchev–Trinajstić information content (AvgIpc) is 3.56. The first-order valence-corrected chi connectivity index (χ1v) is 12.3. The summed E-state index contributed by atoms with van der Waals surface area (Å²) in [6.45, 7) is 8.13. The van der Waals surface area contributed by atoms with Crippen LogP contribution in [0.5, 0.6) is 5.75 Å². The molecule has 4 heterocycles. The molecule has 9 nitrogen and oxygen atoms in total. The predicted molar refractivity (Wildman–Crippen MR) is 124 cm³/mol. The molecule has 2 fully saturated rings. The smallest absolute Gasteiger partial charge is 0.263 e. The van der Waals surface area contributed by atoms with E-state index in [1.165, 1.54) is 23.7 Å². The van der Waals surface area contributed by atoms with E-state index in [-0.39, 0.29) is 23.6 Å². The third-order valence-corrected chi connectivity index (χ3v) is 7.08. The molecule has 2 aliphatic rings. The van der Waals surface area contributed by atoms with Crippen LogP contribution >= 0.6 is 11.5 Å². The lowest BCUT2D eigenvalue weighted by atomic mass is 10.0. The van der Waals surface area contributed by atoms with Crippen molar-refractivity contribution in [2.75, 3.05) is 24.5 Å². The lowest BCUT2D eigenvalue weighted by Crippen LogP contribution is -2.47. The molecule has 5 rings (SSSR count). The number of piperidine rings is 1. The van der Waals surface area contributed by atoms with Gasteiger partial charge >= 0.3 is 0 Å². The topological polar surface area (TPSA) is 97.5 Å². The van der Waals surface area contributed by atoms with E-state index in [4.69, 9.17) is 9.15 Å². The van der Waals surface area contributed by atoms with Crippen molar-refractivity contribution >= 4 is 22.6 Å². The Morgan fingerprint density at radius 3 is 2.62 bits per heavy atom. The van der Waals surface area contributed by atoms with Crippen LogP contribution in [-0.2, 0) is 4.79 Å². The molecule has 1 amide bonds. The number of carbonyl (C=O) groups excluding carboxylic acids is 1.